The highest BCUT2D eigenvalue weighted by Crippen LogP contribution is 2.01. The third-order valence-electron chi connectivity index (χ3n) is 1.68. The molecule has 0 amide bonds. The van der Waals surface area contributed by atoms with Crippen molar-refractivity contribution in [2.45, 2.75) is 13.8 Å². The van der Waals surface area contributed by atoms with Crippen molar-refractivity contribution in [3.05, 3.63) is 0 Å². The largest absolute Gasteiger partial charge is 0.303 e. The van der Waals surface area contributed by atoms with Crippen LogP contribution in [0.5, 0.6) is 0 Å². The zero-order chi connectivity index (χ0) is 8.53. The molecule has 0 atom stereocenters. The van der Waals surface area contributed by atoms with Crippen LogP contribution < -0.4 is 0 Å². The van der Waals surface area contributed by atoms with Crippen LogP contribution in [-0.2, 0) is 0 Å². The molecule has 1 nitrogen and oxygen atoms in total. The Morgan fingerprint density at radius 2 is 1.82 bits per heavy atom. The molecule has 0 saturated heterocycles. The number of rotatable bonds is 7. The third-order valence-corrected chi connectivity index (χ3v) is 3.17. The maximum absolute atomic E-state index is 4.16. The van der Waals surface area contributed by atoms with Crippen molar-refractivity contribution in [1.29, 1.82) is 0 Å². The molecule has 0 spiro atoms. The van der Waals surface area contributed by atoms with Gasteiger partial charge in [-0.05, 0) is 18.8 Å². The molecule has 11 heavy (non-hydrogen) atoms. The molecular weight excluding hydrogens is 174 g/mol. The summed E-state index contributed by atoms with van der Waals surface area (Å²) < 4.78 is 0. The lowest BCUT2D eigenvalue weighted by molar-refractivity contribution is 0.324. The summed E-state index contributed by atoms with van der Waals surface area (Å²) in [4.78, 5) is 2.45. The van der Waals surface area contributed by atoms with Gasteiger partial charge in [-0.3, -0.25) is 0 Å². The maximum Gasteiger partial charge on any atom is 0.00721 e. The van der Waals surface area contributed by atoms with Crippen molar-refractivity contribution in [1.82, 2.24) is 4.90 Å². The van der Waals surface area contributed by atoms with Gasteiger partial charge in [-0.25, -0.2) is 0 Å². The molecule has 68 valence electrons. The first kappa shape index (κ1) is 11.7. The summed E-state index contributed by atoms with van der Waals surface area (Å²) in [5.41, 5.74) is 0. The summed E-state index contributed by atoms with van der Waals surface area (Å²) in [6.45, 7) is 8.01. The first-order chi connectivity index (χ1) is 5.35. The van der Waals surface area contributed by atoms with Crippen LogP contribution in [-0.4, -0.2) is 41.8 Å². The first-order valence-electron chi connectivity index (χ1n) is 4.26. The Balaban J connectivity index is 3.07. The van der Waals surface area contributed by atoms with Gasteiger partial charge < -0.3 is 4.90 Å². The fraction of sp³-hybridized carbons (Fsp3) is 1.00. The first-order valence-corrected chi connectivity index (χ1v) is 6.04. The van der Waals surface area contributed by atoms with Gasteiger partial charge in [0, 0.05) is 18.1 Å². The zero-order valence-corrected chi connectivity index (χ0v) is 9.26. The van der Waals surface area contributed by atoms with Gasteiger partial charge in [-0.15, -0.1) is 0 Å². The molecule has 3 heteroatoms. The SMILES string of the molecule is CCN(CC)CCSCCS. The van der Waals surface area contributed by atoms with E-state index in [2.05, 4.69) is 31.4 Å². The molecule has 0 rings (SSSR count). The van der Waals surface area contributed by atoms with Crippen LogP contribution in [0.25, 0.3) is 0 Å². The maximum atomic E-state index is 4.16. The lowest BCUT2D eigenvalue weighted by Crippen LogP contribution is -2.25. The number of hydrogen-bond acceptors (Lipinski definition) is 3. The molecule has 0 saturated carbocycles. The lowest BCUT2D eigenvalue weighted by atomic mass is 10.5. The molecule has 0 aromatic rings. The minimum Gasteiger partial charge on any atom is -0.303 e. The van der Waals surface area contributed by atoms with Gasteiger partial charge in [0.1, 0.15) is 0 Å². The van der Waals surface area contributed by atoms with Crippen LogP contribution in [0.2, 0.25) is 0 Å². The van der Waals surface area contributed by atoms with Crippen molar-refractivity contribution < 1.29 is 0 Å². The molecule has 0 aromatic carbocycles. The Morgan fingerprint density at radius 1 is 1.18 bits per heavy atom. The van der Waals surface area contributed by atoms with E-state index in [-0.39, 0.29) is 0 Å². The summed E-state index contributed by atoms with van der Waals surface area (Å²) >= 11 is 6.15. The normalized spacial score (nSPS) is 10.9. The Labute approximate surface area is 80.3 Å². The molecular formula is C8H19NS2. The van der Waals surface area contributed by atoms with E-state index in [4.69, 9.17) is 0 Å². The van der Waals surface area contributed by atoms with Crippen LogP contribution in [0.4, 0.5) is 0 Å². The van der Waals surface area contributed by atoms with E-state index < -0.39 is 0 Å². The number of thioether (sulfide) groups is 1. The van der Waals surface area contributed by atoms with Crippen LogP contribution >= 0.6 is 24.4 Å². The Hall–Kier alpha value is 0.660. The smallest absolute Gasteiger partial charge is 0.00721 e. The van der Waals surface area contributed by atoms with Gasteiger partial charge in [-0.2, -0.15) is 24.4 Å². The van der Waals surface area contributed by atoms with Crippen molar-refractivity contribution in [3.8, 4) is 0 Å². The predicted molar refractivity (Wildman–Crippen MR) is 59.0 cm³/mol. The Kier molecular flexibility index (Phi) is 9.28. The minimum atomic E-state index is 1.00. The molecule has 0 radical (unpaired) electrons. The standard InChI is InChI=1S/C8H19NS2/c1-3-9(4-2)5-7-11-8-6-10/h10H,3-8H2,1-2H3. The topological polar surface area (TPSA) is 3.24 Å². The summed E-state index contributed by atoms with van der Waals surface area (Å²) in [6.07, 6.45) is 0. The molecule has 0 aliphatic rings. The Morgan fingerprint density at radius 3 is 2.27 bits per heavy atom. The van der Waals surface area contributed by atoms with E-state index in [9.17, 15) is 0 Å². The van der Waals surface area contributed by atoms with Crippen molar-refractivity contribution >= 4 is 24.4 Å². The van der Waals surface area contributed by atoms with Crippen LogP contribution in [0, 0.1) is 0 Å². The van der Waals surface area contributed by atoms with Gasteiger partial charge >= 0.3 is 0 Å². The van der Waals surface area contributed by atoms with E-state index in [0.29, 0.717) is 0 Å². The average Bonchev–Trinajstić information content (AvgIpc) is 2.05. The highest BCUT2D eigenvalue weighted by atomic mass is 32.2. The van der Waals surface area contributed by atoms with Gasteiger partial charge in [0.05, 0.1) is 0 Å². The molecule has 0 heterocycles. The van der Waals surface area contributed by atoms with Gasteiger partial charge in [0.25, 0.3) is 0 Å². The summed E-state index contributed by atoms with van der Waals surface area (Å²) in [5, 5.41) is 0. The molecule has 0 aromatic heterocycles. The monoisotopic (exact) mass is 193 g/mol. The van der Waals surface area contributed by atoms with Crippen LogP contribution in [0.1, 0.15) is 13.8 Å². The zero-order valence-electron chi connectivity index (χ0n) is 7.55. The molecule has 0 bridgehead atoms. The number of thiol groups is 1. The van der Waals surface area contributed by atoms with E-state index in [1.165, 1.54) is 31.1 Å². The summed E-state index contributed by atoms with van der Waals surface area (Å²) in [5.74, 6) is 3.44. The fourth-order valence-electron chi connectivity index (χ4n) is 0.900. The van der Waals surface area contributed by atoms with E-state index >= 15 is 0 Å². The molecule has 0 fully saturated rings. The van der Waals surface area contributed by atoms with Gasteiger partial charge in [0.15, 0.2) is 0 Å². The molecule has 0 N–H and O–H groups in total. The van der Waals surface area contributed by atoms with Crippen LogP contribution in [0.15, 0.2) is 0 Å². The molecule has 0 aliphatic heterocycles. The van der Waals surface area contributed by atoms with E-state index in [1.807, 2.05) is 11.8 Å². The van der Waals surface area contributed by atoms with Crippen molar-refractivity contribution in [2.24, 2.45) is 0 Å². The van der Waals surface area contributed by atoms with Gasteiger partial charge in [-0.1, -0.05) is 13.8 Å². The lowest BCUT2D eigenvalue weighted by Gasteiger charge is -2.16. The van der Waals surface area contributed by atoms with Crippen LogP contribution in [0.3, 0.4) is 0 Å². The second-order valence-electron chi connectivity index (χ2n) is 2.36. The quantitative estimate of drug-likeness (QED) is 0.486. The van der Waals surface area contributed by atoms with Crippen molar-refractivity contribution in [3.63, 3.8) is 0 Å². The van der Waals surface area contributed by atoms with Crippen molar-refractivity contribution in [2.75, 3.05) is 36.9 Å². The summed E-state index contributed by atoms with van der Waals surface area (Å²) in [6, 6.07) is 0. The predicted octanol–water partition coefficient (Wildman–Crippen LogP) is 1.99. The number of nitrogens with zero attached hydrogens (tertiary/aromatic N) is 1. The van der Waals surface area contributed by atoms with E-state index in [1.54, 1.807) is 0 Å². The fourth-order valence-corrected chi connectivity index (χ4v) is 2.01. The second kappa shape index (κ2) is 8.75. The highest BCUT2D eigenvalue weighted by Gasteiger charge is 1.96. The second-order valence-corrected chi connectivity index (χ2v) is 4.03. The van der Waals surface area contributed by atoms with Gasteiger partial charge in [0.2, 0.25) is 0 Å². The number of hydrogen-bond donors (Lipinski definition) is 1. The average molecular weight is 193 g/mol. The Bertz CT molecular complexity index is 74.5. The third kappa shape index (κ3) is 7.04. The summed E-state index contributed by atoms with van der Waals surface area (Å²) in [7, 11) is 0. The minimum absolute atomic E-state index is 1.00. The molecule has 0 aliphatic carbocycles. The highest BCUT2D eigenvalue weighted by molar-refractivity contribution is 8.00. The van der Waals surface area contributed by atoms with E-state index in [0.717, 1.165) is 5.75 Å². The molecule has 0 unspecified atom stereocenters.